The van der Waals surface area contributed by atoms with Gasteiger partial charge in [-0.05, 0) is 24.3 Å². The van der Waals surface area contributed by atoms with Crippen LogP contribution in [0, 0.1) is 0 Å². The predicted molar refractivity (Wildman–Crippen MR) is 103 cm³/mol. The van der Waals surface area contributed by atoms with Gasteiger partial charge in [-0.2, -0.15) is 0 Å². The Bertz CT molecular complexity index is 1240. The van der Waals surface area contributed by atoms with E-state index in [4.69, 9.17) is 9.47 Å². The molecule has 9 nitrogen and oxygen atoms in total. The van der Waals surface area contributed by atoms with Gasteiger partial charge in [-0.1, -0.05) is 12.1 Å². The molecule has 28 heavy (non-hydrogen) atoms. The number of nitrogens with one attached hydrogen (secondary N) is 1. The van der Waals surface area contributed by atoms with Crippen LogP contribution in [-0.4, -0.2) is 39.3 Å². The quantitative estimate of drug-likeness (QED) is 0.567. The lowest BCUT2D eigenvalue weighted by Crippen LogP contribution is -2.28. The lowest BCUT2D eigenvalue weighted by molar-refractivity contribution is -0.117. The van der Waals surface area contributed by atoms with Crippen molar-refractivity contribution in [3.05, 3.63) is 59.1 Å². The summed E-state index contributed by atoms with van der Waals surface area (Å²) in [6, 6.07) is 12.3. The molecule has 0 spiro atoms. The Kier molecular flexibility index (Phi) is 4.40. The van der Waals surface area contributed by atoms with Crippen molar-refractivity contribution in [1.82, 2.24) is 19.2 Å². The van der Waals surface area contributed by atoms with E-state index in [1.165, 1.54) is 24.8 Å². The average molecular weight is 379 g/mol. The monoisotopic (exact) mass is 379 g/mol. The highest BCUT2D eigenvalue weighted by Gasteiger charge is 2.15. The second-order valence-electron chi connectivity index (χ2n) is 6.00. The topological polar surface area (TPSA) is 99.8 Å². The van der Waals surface area contributed by atoms with Crippen LogP contribution in [0.15, 0.2) is 53.5 Å². The van der Waals surface area contributed by atoms with Gasteiger partial charge >= 0.3 is 5.69 Å². The minimum absolute atomic E-state index is 0.255. The second-order valence-corrected chi connectivity index (χ2v) is 6.00. The molecular weight excluding hydrogens is 362 g/mol. The van der Waals surface area contributed by atoms with Gasteiger partial charge in [0.05, 0.1) is 37.1 Å². The second kappa shape index (κ2) is 7.03. The highest BCUT2D eigenvalue weighted by molar-refractivity contribution is 5.92. The molecule has 0 unspecified atom stereocenters. The van der Waals surface area contributed by atoms with Gasteiger partial charge in [-0.15, -0.1) is 5.10 Å². The molecule has 0 aliphatic heterocycles. The Morgan fingerprint density at radius 3 is 2.75 bits per heavy atom. The van der Waals surface area contributed by atoms with Crippen molar-refractivity contribution in [1.29, 1.82) is 0 Å². The van der Waals surface area contributed by atoms with Gasteiger partial charge in [0.25, 0.3) is 0 Å². The number of carbonyl (C=O) groups excluding carboxylic acids is 1. The molecular formula is C19H17N5O4. The number of methoxy groups -OCH3 is 2. The van der Waals surface area contributed by atoms with E-state index in [2.05, 4.69) is 15.4 Å². The lowest BCUT2D eigenvalue weighted by atomic mass is 10.2. The first kappa shape index (κ1) is 17.5. The molecule has 0 bridgehead atoms. The zero-order chi connectivity index (χ0) is 19.7. The van der Waals surface area contributed by atoms with Crippen LogP contribution in [0.2, 0.25) is 0 Å². The molecule has 4 aromatic rings. The third-order valence-corrected chi connectivity index (χ3v) is 4.28. The number of aromatic nitrogens is 4. The number of fused-ring (bicyclic) bond motifs is 3. The van der Waals surface area contributed by atoms with E-state index in [0.717, 1.165) is 4.68 Å². The molecule has 142 valence electrons. The number of carbonyl (C=O) groups is 1. The molecule has 0 aliphatic carbocycles. The van der Waals surface area contributed by atoms with E-state index < -0.39 is 11.6 Å². The first-order valence-electron chi connectivity index (χ1n) is 8.46. The predicted octanol–water partition coefficient (Wildman–Crippen LogP) is 1.70. The largest absolute Gasteiger partial charge is 0.497 e. The van der Waals surface area contributed by atoms with Gasteiger partial charge in [0.1, 0.15) is 18.0 Å². The zero-order valence-electron chi connectivity index (χ0n) is 15.2. The Morgan fingerprint density at radius 2 is 1.96 bits per heavy atom. The highest BCUT2D eigenvalue weighted by atomic mass is 16.5. The molecule has 0 fully saturated rings. The first-order valence-corrected chi connectivity index (χ1v) is 8.46. The van der Waals surface area contributed by atoms with Crippen LogP contribution in [-0.2, 0) is 11.3 Å². The number of benzene rings is 2. The minimum atomic E-state index is -0.422. The third-order valence-electron chi connectivity index (χ3n) is 4.28. The van der Waals surface area contributed by atoms with Crippen LogP contribution in [0.3, 0.4) is 0 Å². The van der Waals surface area contributed by atoms with E-state index >= 15 is 0 Å². The van der Waals surface area contributed by atoms with Crippen LogP contribution in [0.4, 0.5) is 5.69 Å². The van der Waals surface area contributed by atoms with E-state index in [-0.39, 0.29) is 6.54 Å². The summed E-state index contributed by atoms with van der Waals surface area (Å²) in [4.78, 5) is 29.6. The van der Waals surface area contributed by atoms with Crippen molar-refractivity contribution in [3.63, 3.8) is 0 Å². The van der Waals surface area contributed by atoms with E-state index in [9.17, 15) is 9.59 Å². The summed E-state index contributed by atoms with van der Waals surface area (Å²) in [5.74, 6) is 0.625. The van der Waals surface area contributed by atoms with E-state index in [1.807, 2.05) is 12.1 Å². The molecule has 0 saturated carbocycles. The molecule has 1 amide bonds. The summed E-state index contributed by atoms with van der Waals surface area (Å²) in [7, 11) is 3.03. The van der Waals surface area contributed by atoms with Gasteiger partial charge in [0.15, 0.2) is 5.65 Å². The van der Waals surface area contributed by atoms with Gasteiger partial charge < -0.3 is 14.8 Å². The maximum absolute atomic E-state index is 12.8. The molecule has 9 heteroatoms. The third kappa shape index (κ3) is 3.02. The average Bonchev–Trinajstić information content (AvgIpc) is 3.03. The number of rotatable bonds is 5. The molecule has 0 aliphatic rings. The summed E-state index contributed by atoms with van der Waals surface area (Å²) in [5.41, 5.74) is 1.70. The normalized spacial score (nSPS) is 10.9. The maximum atomic E-state index is 12.8. The fourth-order valence-electron chi connectivity index (χ4n) is 2.96. The Hall–Kier alpha value is -3.88. The van der Waals surface area contributed by atoms with Crippen molar-refractivity contribution in [2.24, 2.45) is 0 Å². The maximum Gasteiger partial charge on any atom is 0.351 e. The number of nitrogens with zero attached hydrogens (tertiary/aromatic N) is 4. The number of anilines is 1. The molecule has 1 N–H and O–H groups in total. The summed E-state index contributed by atoms with van der Waals surface area (Å²) in [5, 5.41) is 6.93. The number of amides is 1. The van der Waals surface area contributed by atoms with E-state index in [0.29, 0.717) is 33.9 Å². The van der Waals surface area contributed by atoms with Crippen molar-refractivity contribution in [2.75, 3.05) is 19.5 Å². The Balaban J connectivity index is 1.65. The van der Waals surface area contributed by atoms with Crippen molar-refractivity contribution >= 4 is 28.3 Å². The SMILES string of the molecule is COc1ccc(OC)c(NC(=O)Cn2nc3cnc4ccccc4n3c2=O)c1. The first-order chi connectivity index (χ1) is 13.6. The zero-order valence-corrected chi connectivity index (χ0v) is 15.2. The van der Waals surface area contributed by atoms with Gasteiger partial charge in [-0.3, -0.25) is 9.78 Å². The van der Waals surface area contributed by atoms with Crippen molar-refractivity contribution in [3.8, 4) is 11.5 Å². The summed E-state index contributed by atoms with van der Waals surface area (Å²) in [6.07, 6.45) is 1.50. The molecule has 4 rings (SSSR count). The van der Waals surface area contributed by atoms with Crippen LogP contribution in [0.1, 0.15) is 0 Å². The fraction of sp³-hybridized carbons (Fsp3) is 0.158. The summed E-state index contributed by atoms with van der Waals surface area (Å²) < 4.78 is 13.0. The van der Waals surface area contributed by atoms with Crippen LogP contribution >= 0.6 is 0 Å². The molecule has 2 aromatic carbocycles. The number of ether oxygens (including phenoxy) is 2. The van der Waals surface area contributed by atoms with Crippen LogP contribution in [0.5, 0.6) is 11.5 Å². The Labute approximate surface area is 159 Å². The number of hydrogen-bond acceptors (Lipinski definition) is 6. The fourth-order valence-corrected chi connectivity index (χ4v) is 2.96. The highest BCUT2D eigenvalue weighted by Crippen LogP contribution is 2.28. The summed E-state index contributed by atoms with van der Waals surface area (Å²) in [6.45, 7) is -0.255. The molecule has 0 saturated heterocycles. The number of hydrogen-bond donors (Lipinski definition) is 1. The van der Waals surface area contributed by atoms with Crippen molar-refractivity contribution in [2.45, 2.75) is 6.54 Å². The Morgan fingerprint density at radius 1 is 1.14 bits per heavy atom. The minimum Gasteiger partial charge on any atom is -0.497 e. The lowest BCUT2D eigenvalue weighted by Gasteiger charge is -2.11. The van der Waals surface area contributed by atoms with Crippen LogP contribution < -0.4 is 20.5 Å². The molecule has 2 aromatic heterocycles. The molecule has 0 radical (unpaired) electrons. The standard InChI is InChI=1S/C19H17N5O4/c1-27-12-7-8-16(28-2)14(9-12)21-18(25)11-23-19(26)24-15-6-4-3-5-13(15)20-10-17(24)22-23/h3-10H,11H2,1-2H3,(H,21,25). The summed E-state index contributed by atoms with van der Waals surface area (Å²) >= 11 is 0. The molecule has 2 heterocycles. The number of para-hydroxylation sites is 2. The smallest absolute Gasteiger partial charge is 0.351 e. The van der Waals surface area contributed by atoms with Crippen molar-refractivity contribution < 1.29 is 14.3 Å². The van der Waals surface area contributed by atoms with Gasteiger partial charge in [0.2, 0.25) is 5.91 Å². The van der Waals surface area contributed by atoms with Crippen LogP contribution in [0.25, 0.3) is 16.7 Å². The van der Waals surface area contributed by atoms with Gasteiger partial charge in [0, 0.05) is 6.07 Å². The molecule has 0 atom stereocenters. The van der Waals surface area contributed by atoms with E-state index in [1.54, 1.807) is 30.3 Å². The van der Waals surface area contributed by atoms with Gasteiger partial charge in [-0.25, -0.2) is 13.9 Å².